The molecule has 0 fully saturated rings. The van der Waals surface area contributed by atoms with E-state index in [0.717, 1.165) is 0 Å². The van der Waals surface area contributed by atoms with Crippen LogP contribution in [0, 0.1) is 10.1 Å². The van der Waals surface area contributed by atoms with Crippen LogP contribution in [0.3, 0.4) is 0 Å². The molecule has 0 unspecified atom stereocenters. The molecule has 0 saturated heterocycles. The first kappa shape index (κ1) is 12.6. The number of rotatable bonds is 3. The maximum absolute atomic E-state index is 10.6. The summed E-state index contributed by atoms with van der Waals surface area (Å²) in [6.45, 7) is 0. The summed E-state index contributed by atoms with van der Waals surface area (Å²) in [5, 5.41) is 29.5. The van der Waals surface area contributed by atoms with Crippen LogP contribution >= 0.6 is 0 Å². The van der Waals surface area contributed by atoms with Crippen LogP contribution in [-0.4, -0.2) is 21.4 Å². The van der Waals surface area contributed by atoms with E-state index in [0.29, 0.717) is 5.69 Å². The van der Waals surface area contributed by atoms with Crippen molar-refractivity contribution in [3.05, 3.63) is 58.1 Å². The van der Waals surface area contributed by atoms with Crippen LogP contribution in [0.25, 0.3) is 0 Å². The summed E-state index contributed by atoms with van der Waals surface area (Å²) < 4.78 is 0. The van der Waals surface area contributed by atoms with Gasteiger partial charge in [-0.3, -0.25) is 15.1 Å². The Hall–Kier alpha value is -2.89. The standard InChI is InChI=1S/C13H10N2O4/c16-12-3-1-2-10(7-12)14-8-9-6-11(15(18)19)4-5-13(9)17/h1-8,16-17H/b14-8+. The largest absolute Gasteiger partial charge is 0.508 e. The first-order chi connectivity index (χ1) is 9.06. The number of aromatic hydroxyl groups is 2. The third kappa shape index (κ3) is 3.06. The molecule has 0 aliphatic rings. The van der Waals surface area contributed by atoms with E-state index in [2.05, 4.69) is 4.99 Å². The number of nitrogens with zero attached hydrogens (tertiary/aromatic N) is 2. The third-order valence-corrected chi connectivity index (χ3v) is 2.40. The Bertz CT molecular complexity index is 653. The van der Waals surface area contributed by atoms with Gasteiger partial charge in [-0.25, -0.2) is 0 Å². The summed E-state index contributed by atoms with van der Waals surface area (Å²) in [6, 6.07) is 9.89. The van der Waals surface area contributed by atoms with Gasteiger partial charge in [-0.1, -0.05) is 6.07 Å². The lowest BCUT2D eigenvalue weighted by Crippen LogP contribution is -1.90. The van der Waals surface area contributed by atoms with E-state index in [-0.39, 0.29) is 22.7 Å². The van der Waals surface area contributed by atoms with Gasteiger partial charge in [-0.2, -0.15) is 0 Å². The molecule has 0 saturated carbocycles. The van der Waals surface area contributed by atoms with Crippen molar-refractivity contribution in [1.82, 2.24) is 0 Å². The molecule has 6 heteroatoms. The van der Waals surface area contributed by atoms with Crippen LogP contribution in [0.2, 0.25) is 0 Å². The number of hydrogen-bond donors (Lipinski definition) is 2. The van der Waals surface area contributed by atoms with Crippen LogP contribution in [0.15, 0.2) is 47.5 Å². The van der Waals surface area contributed by atoms with Gasteiger partial charge in [0.25, 0.3) is 5.69 Å². The Kier molecular flexibility index (Phi) is 3.42. The van der Waals surface area contributed by atoms with Crippen molar-refractivity contribution in [3.63, 3.8) is 0 Å². The van der Waals surface area contributed by atoms with E-state index in [4.69, 9.17) is 0 Å². The lowest BCUT2D eigenvalue weighted by atomic mass is 10.2. The average molecular weight is 258 g/mol. The highest BCUT2D eigenvalue weighted by Gasteiger charge is 2.08. The fraction of sp³-hybridized carbons (Fsp3) is 0. The van der Waals surface area contributed by atoms with Crippen molar-refractivity contribution < 1.29 is 15.1 Å². The third-order valence-electron chi connectivity index (χ3n) is 2.40. The minimum atomic E-state index is -0.550. The van der Waals surface area contributed by atoms with Crippen LogP contribution < -0.4 is 0 Å². The molecule has 2 rings (SSSR count). The number of phenolic OH excluding ortho intramolecular Hbond substituents is 2. The zero-order valence-corrected chi connectivity index (χ0v) is 9.72. The lowest BCUT2D eigenvalue weighted by Gasteiger charge is -1.99. The number of benzene rings is 2. The van der Waals surface area contributed by atoms with Crippen molar-refractivity contribution in [2.45, 2.75) is 0 Å². The molecule has 19 heavy (non-hydrogen) atoms. The van der Waals surface area contributed by atoms with Gasteiger partial charge in [0.1, 0.15) is 11.5 Å². The van der Waals surface area contributed by atoms with Crippen molar-refractivity contribution >= 4 is 17.6 Å². The Morgan fingerprint density at radius 2 is 1.95 bits per heavy atom. The van der Waals surface area contributed by atoms with Gasteiger partial charge in [0.05, 0.1) is 10.6 Å². The number of phenols is 2. The highest BCUT2D eigenvalue weighted by atomic mass is 16.6. The van der Waals surface area contributed by atoms with E-state index >= 15 is 0 Å². The molecule has 0 aromatic heterocycles. The number of nitro benzene ring substituents is 1. The van der Waals surface area contributed by atoms with Gasteiger partial charge >= 0.3 is 0 Å². The van der Waals surface area contributed by atoms with Crippen molar-refractivity contribution in [1.29, 1.82) is 0 Å². The van der Waals surface area contributed by atoms with Gasteiger partial charge in [-0.05, 0) is 18.2 Å². The average Bonchev–Trinajstić information content (AvgIpc) is 2.37. The van der Waals surface area contributed by atoms with E-state index in [9.17, 15) is 20.3 Å². The van der Waals surface area contributed by atoms with Crippen molar-refractivity contribution in [3.8, 4) is 11.5 Å². The second-order valence-corrected chi connectivity index (χ2v) is 3.78. The molecule has 0 atom stereocenters. The number of non-ortho nitro benzene ring substituents is 1. The summed E-state index contributed by atoms with van der Waals surface area (Å²) in [4.78, 5) is 14.1. The van der Waals surface area contributed by atoms with E-state index in [1.165, 1.54) is 36.5 Å². The molecule has 0 bridgehead atoms. The topological polar surface area (TPSA) is 96.0 Å². The first-order valence-electron chi connectivity index (χ1n) is 5.37. The number of aliphatic imine (C=N–C) groups is 1. The van der Waals surface area contributed by atoms with Crippen LogP contribution in [-0.2, 0) is 0 Å². The SMILES string of the molecule is O=[N+]([O-])c1ccc(O)c(/C=N/c2cccc(O)c2)c1. The Morgan fingerprint density at radius 3 is 2.63 bits per heavy atom. The molecule has 0 spiro atoms. The zero-order valence-electron chi connectivity index (χ0n) is 9.72. The fourth-order valence-corrected chi connectivity index (χ4v) is 1.48. The first-order valence-corrected chi connectivity index (χ1v) is 5.37. The van der Waals surface area contributed by atoms with E-state index in [1.807, 2.05) is 0 Å². The van der Waals surface area contributed by atoms with Gasteiger partial charge in [0.15, 0.2) is 0 Å². The zero-order chi connectivity index (χ0) is 13.8. The molecular weight excluding hydrogens is 248 g/mol. The summed E-state index contributed by atoms with van der Waals surface area (Å²) >= 11 is 0. The predicted octanol–water partition coefficient (Wildman–Crippen LogP) is 2.76. The maximum Gasteiger partial charge on any atom is 0.270 e. The quantitative estimate of drug-likeness (QED) is 0.502. The van der Waals surface area contributed by atoms with E-state index < -0.39 is 4.92 Å². The Balaban J connectivity index is 2.32. The molecule has 2 aromatic carbocycles. The number of nitro groups is 1. The lowest BCUT2D eigenvalue weighted by molar-refractivity contribution is -0.384. The molecular formula is C13H10N2O4. The summed E-state index contributed by atoms with van der Waals surface area (Å²) in [7, 11) is 0. The molecule has 96 valence electrons. The molecule has 0 heterocycles. The Morgan fingerprint density at radius 1 is 1.16 bits per heavy atom. The molecule has 0 radical (unpaired) electrons. The maximum atomic E-state index is 10.6. The smallest absolute Gasteiger partial charge is 0.270 e. The molecule has 0 amide bonds. The van der Waals surface area contributed by atoms with Gasteiger partial charge < -0.3 is 10.2 Å². The van der Waals surface area contributed by atoms with Gasteiger partial charge in [0, 0.05) is 30.0 Å². The summed E-state index contributed by atoms with van der Waals surface area (Å²) in [5.41, 5.74) is 0.582. The van der Waals surface area contributed by atoms with Gasteiger partial charge in [0.2, 0.25) is 0 Å². The summed E-state index contributed by atoms with van der Waals surface area (Å²) in [6.07, 6.45) is 1.30. The van der Waals surface area contributed by atoms with E-state index in [1.54, 1.807) is 12.1 Å². The molecule has 0 aliphatic carbocycles. The minimum absolute atomic E-state index is 0.0675. The molecule has 2 N–H and O–H groups in total. The molecule has 2 aromatic rings. The second kappa shape index (κ2) is 5.18. The summed E-state index contributed by atoms with van der Waals surface area (Å²) in [5.74, 6) is -0.0348. The predicted molar refractivity (Wildman–Crippen MR) is 70.1 cm³/mol. The van der Waals surface area contributed by atoms with Crippen LogP contribution in [0.4, 0.5) is 11.4 Å². The normalized spacial score (nSPS) is 10.7. The highest BCUT2D eigenvalue weighted by molar-refractivity contribution is 5.86. The molecule has 0 aliphatic heterocycles. The van der Waals surface area contributed by atoms with Gasteiger partial charge in [-0.15, -0.1) is 0 Å². The number of hydrogen-bond acceptors (Lipinski definition) is 5. The van der Waals surface area contributed by atoms with Crippen LogP contribution in [0.5, 0.6) is 11.5 Å². The highest BCUT2D eigenvalue weighted by Crippen LogP contribution is 2.23. The second-order valence-electron chi connectivity index (χ2n) is 3.78. The van der Waals surface area contributed by atoms with Crippen molar-refractivity contribution in [2.75, 3.05) is 0 Å². The molecule has 6 nitrogen and oxygen atoms in total. The van der Waals surface area contributed by atoms with Crippen molar-refractivity contribution in [2.24, 2.45) is 4.99 Å². The Labute approximate surface area is 108 Å². The van der Waals surface area contributed by atoms with Crippen LogP contribution in [0.1, 0.15) is 5.56 Å². The monoisotopic (exact) mass is 258 g/mol. The minimum Gasteiger partial charge on any atom is -0.508 e. The fourth-order valence-electron chi connectivity index (χ4n) is 1.48.